The molecule has 1 aliphatic rings. The molecule has 1 fully saturated rings. The lowest BCUT2D eigenvalue weighted by atomic mass is 9.66. The molecule has 2 aromatic rings. The first-order chi connectivity index (χ1) is 12.5. The van der Waals surface area contributed by atoms with E-state index in [2.05, 4.69) is 10.3 Å². The normalized spacial score (nSPS) is 15.0. The van der Waals surface area contributed by atoms with E-state index in [-0.39, 0.29) is 18.9 Å². The number of anilines is 1. The predicted octanol–water partition coefficient (Wildman–Crippen LogP) is 3.90. The van der Waals surface area contributed by atoms with Crippen molar-refractivity contribution in [1.29, 1.82) is 0 Å². The fourth-order valence-electron chi connectivity index (χ4n) is 2.91. The average Bonchev–Trinajstić information content (AvgIpc) is 2.58. The summed E-state index contributed by atoms with van der Waals surface area (Å²) in [4.78, 5) is 27.7. The zero-order valence-corrected chi connectivity index (χ0v) is 14.8. The number of rotatable bonds is 7. The molecule has 0 atom stereocenters. The number of aromatic nitrogens is 1. The number of carboxylic acid groups (broad SMARTS) is 1. The number of benzene rings is 1. The predicted molar refractivity (Wildman–Crippen MR) is 97.2 cm³/mol. The molecule has 0 radical (unpaired) electrons. The summed E-state index contributed by atoms with van der Waals surface area (Å²) < 4.78 is 5.64. The molecule has 1 aromatic heterocycles. The van der Waals surface area contributed by atoms with E-state index in [1.54, 1.807) is 24.4 Å². The van der Waals surface area contributed by atoms with Crippen LogP contribution in [0.1, 0.15) is 31.4 Å². The lowest BCUT2D eigenvalue weighted by molar-refractivity contribution is -0.157. The standard InChI is InChI=1S/C19H19ClN2O4/c20-15-10-13(22-17(23)11-19(18(24)25)7-3-8-19)5-6-16(15)26-12-14-4-1-2-9-21-14/h1-2,4-6,9-10H,3,7-8,11-12H2,(H,22,23)(H,24,25). The third-order valence-corrected chi connectivity index (χ3v) is 4.88. The fraction of sp³-hybridized carbons (Fsp3) is 0.316. The molecule has 0 unspecified atom stereocenters. The van der Waals surface area contributed by atoms with Gasteiger partial charge in [0.05, 0.1) is 16.1 Å². The van der Waals surface area contributed by atoms with Gasteiger partial charge in [0.1, 0.15) is 12.4 Å². The van der Waals surface area contributed by atoms with Crippen LogP contribution in [0.25, 0.3) is 0 Å². The van der Waals surface area contributed by atoms with Crippen molar-refractivity contribution in [1.82, 2.24) is 4.98 Å². The Kier molecular flexibility index (Phi) is 5.42. The van der Waals surface area contributed by atoms with Gasteiger partial charge >= 0.3 is 5.97 Å². The summed E-state index contributed by atoms with van der Waals surface area (Å²) in [6, 6.07) is 10.5. The van der Waals surface area contributed by atoms with Crippen LogP contribution in [0.4, 0.5) is 5.69 Å². The van der Waals surface area contributed by atoms with Crippen LogP contribution >= 0.6 is 11.6 Å². The summed E-state index contributed by atoms with van der Waals surface area (Å²) in [6.07, 6.45) is 3.57. The highest BCUT2D eigenvalue weighted by molar-refractivity contribution is 6.32. The minimum absolute atomic E-state index is 0.0299. The van der Waals surface area contributed by atoms with Crippen molar-refractivity contribution in [2.75, 3.05) is 5.32 Å². The molecule has 1 aromatic carbocycles. The number of ether oxygens (including phenoxy) is 1. The van der Waals surface area contributed by atoms with Crippen LogP contribution in [0.3, 0.4) is 0 Å². The number of amides is 1. The highest BCUT2D eigenvalue weighted by Gasteiger charge is 2.45. The number of pyridine rings is 1. The molecule has 1 saturated carbocycles. The van der Waals surface area contributed by atoms with Gasteiger partial charge in [0.15, 0.2) is 0 Å². The van der Waals surface area contributed by atoms with E-state index in [1.165, 1.54) is 0 Å². The summed E-state index contributed by atoms with van der Waals surface area (Å²) in [5.41, 5.74) is 0.366. The Bertz CT molecular complexity index is 806. The van der Waals surface area contributed by atoms with Crippen LogP contribution < -0.4 is 10.1 Å². The monoisotopic (exact) mass is 374 g/mol. The van der Waals surface area contributed by atoms with Crippen molar-refractivity contribution in [3.63, 3.8) is 0 Å². The number of carbonyl (C=O) groups is 2. The molecule has 26 heavy (non-hydrogen) atoms. The van der Waals surface area contributed by atoms with E-state index in [4.69, 9.17) is 16.3 Å². The van der Waals surface area contributed by atoms with Gasteiger partial charge < -0.3 is 15.2 Å². The summed E-state index contributed by atoms with van der Waals surface area (Å²) in [5.74, 6) is -0.753. The van der Waals surface area contributed by atoms with E-state index in [0.29, 0.717) is 29.3 Å². The van der Waals surface area contributed by atoms with Gasteiger partial charge in [-0.05, 0) is 43.2 Å². The summed E-state index contributed by atoms with van der Waals surface area (Å²) in [5, 5.41) is 12.4. The first kappa shape index (κ1) is 18.2. The van der Waals surface area contributed by atoms with E-state index in [1.807, 2.05) is 18.2 Å². The van der Waals surface area contributed by atoms with E-state index in [0.717, 1.165) is 12.1 Å². The molecular weight excluding hydrogens is 356 g/mol. The van der Waals surface area contributed by atoms with Crippen LogP contribution in [0.15, 0.2) is 42.6 Å². The van der Waals surface area contributed by atoms with E-state index >= 15 is 0 Å². The Labute approximate surface area is 156 Å². The van der Waals surface area contributed by atoms with Crippen molar-refractivity contribution in [3.8, 4) is 5.75 Å². The number of carboxylic acids is 1. The van der Waals surface area contributed by atoms with Crippen molar-refractivity contribution < 1.29 is 19.4 Å². The van der Waals surface area contributed by atoms with Crippen LogP contribution in [-0.4, -0.2) is 22.0 Å². The molecule has 1 aliphatic carbocycles. The lowest BCUT2D eigenvalue weighted by Gasteiger charge is -2.36. The number of nitrogens with one attached hydrogen (secondary N) is 1. The summed E-state index contributed by atoms with van der Waals surface area (Å²) >= 11 is 6.21. The molecule has 1 heterocycles. The molecular formula is C19H19ClN2O4. The van der Waals surface area contributed by atoms with Crippen molar-refractivity contribution in [2.45, 2.75) is 32.3 Å². The van der Waals surface area contributed by atoms with Gasteiger partial charge in [-0.2, -0.15) is 0 Å². The number of nitrogens with zero attached hydrogens (tertiary/aromatic N) is 1. The molecule has 7 heteroatoms. The van der Waals surface area contributed by atoms with Crippen LogP contribution in [0.5, 0.6) is 5.75 Å². The second-order valence-electron chi connectivity index (χ2n) is 6.42. The minimum atomic E-state index is -0.917. The summed E-state index contributed by atoms with van der Waals surface area (Å²) in [7, 11) is 0. The van der Waals surface area contributed by atoms with Gasteiger partial charge in [0, 0.05) is 18.3 Å². The molecule has 0 bridgehead atoms. The molecule has 6 nitrogen and oxygen atoms in total. The van der Waals surface area contributed by atoms with Gasteiger partial charge in [-0.25, -0.2) is 0 Å². The zero-order valence-electron chi connectivity index (χ0n) is 14.1. The number of halogens is 1. The SMILES string of the molecule is O=C(CC1(C(=O)O)CCC1)Nc1ccc(OCc2ccccn2)c(Cl)c1. The van der Waals surface area contributed by atoms with Crippen LogP contribution in [0, 0.1) is 5.41 Å². The Balaban J connectivity index is 1.58. The summed E-state index contributed by atoms with van der Waals surface area (Å²) in [6.45, 7) is 0.285. The van der Waals surface area contributed by atoms with E-state index < -0.39 is 11.4 Å². The molecule has 3 rings (SSSR count). The topological polar surface area (TPSA) is 88.5 Å². The Morgan fingerprint density at radius 3 is 2.65 bits per heavy atom. The smallest absolute Gasteiger partial charge is 0.310 e. The Morgan fingerprint density at radius 2 is 2.08 bits per heavy atom. The maximum atomic E-state index is 12.2. The largest absolute Gasteiger partial charge is 0.486 e. The number of aliphatic carboxylic acids is 1. The van der Waals surface area contributed by atoms with Crippen LogP contribution in [0.2, 0.25) is 5.02 Å². The fourth-order valence-corrected chi connectivity index (χ4v) is 3.15. The van der Waals surface area contributed by atoms with Crippen molar-refractivity contribution in [3.05, 3.63) is 53.3 Å². The molecule has 2 N–H and O–H groups in total. The molecule has 136 valence electrons. The first-order valence-corrected chi connectivity index (χ1v) is 8.72. The molecule has 0 saturated heterocycles. The van der Waals surface area contributed by atoms with E-state index in [9.17, 15) is 14.7 Å². The third-order valence-electron chi connectivity index (χ3n) is 4.58. The van der Waals surface area contributed by atoms with Gasteiger partial charge in [0.2, 0.25) is 5.91 Å². The maximum absolute atomic E-state index is 12.2. The second-order valence-corrected chi connectivity index (χ2v) is 6.83. The Hall–Kier alpha value is -2.60. The Morgan fingerprint density at radius 1 is 1.27 bits per heavy atom. The highest BCUT2D eigenvalue weighted by atomic mass is 35.5. The van der Waals surface area contributed by atoms with Gasteiger partial charge in [-0.15, -0.1) is 0 Å². The lowest BCUT2D eigenvalue weighted by Crippen LogP contribution is -2.41. The third kappa shape index (κ3) is 4.14. The number of carbonyl (C=O) groups excluding carboxylic acids is 1. The quantitative estimate of drug-likeness (QED) is 0.767. The van der Waals surface area contributed by atoms with Gasteiger partial charge in [-0.1, -0.05) is 24.1 Å². The second kappa shape index (κ2) is 7.74. The zero-order chi connectivity index (χ0) is 18.6. The average molecular weight is 375 g/mol. The highest BCUT2D eigenvalue weighted by Crippen LogP contribution is 2.44. The van der Waals surface area contributed by atoms with Gasteiger partial charge in [0.25, 0.3) is 0 Å². The number of hydrogen-bond donors (Lipinski definition) is 2. The van der Waals surface area contributed by atoms with Crippen molar-refractivity contribution >= 4 is 29.2 Å². The number of hydrogen-bond acceptors (Lipinski definition) is 4. The molecule has 1 amide bonds. The van der Waals surface area contributed by atoms with Crippen LogP contribution in [-0.2, 0) is 16.2 Å². The first-order valence-electron chi connectivity index (χ1n) is 8.34. The van der Waals surface area contributed by atoms with Crippen molar-refractivity contribution in [2.24, 2.45) is 5.41 Å². The minimum Gasteiger partial charge on any atom is -0.486 e. The maximum Gasteiger partial charge on any atom is 0.310 e. The molecule has 0 spiro atoms. The molecule has 0 aliphatic heterocycles. The van der Waals surface area contributed by atoms with Gasteiger partial charge in [-0.3, -0.25) is 14.6 Å².